The SMILES string of the molecule is C[C@@H]1CN(C)c2ccccc2CN1C(=O)NCc1ccncc1. The molecule has 2 amide bonds. The van der Waals surface area contributed by atoms with Crippen molar-refractivity contribution < 1.29 is 4.79 Å². The van der Waals surface area contributed by atoms with Crippen molar-refractivity contribution in [2.45, 2.75) is 26.1 Å². The van der Waals surface area contributed by atoms with E-state index in [0.717, 1.165) is 12.1 Å². The van der Waals surface area contributed by atoms with Gasteiger partial charge in [-0.3, -0.25) is 4.98 Å². The highest BCUT2D eigenvalue weighted by Crippen LogP contribution is 2.25. The highest BCUT2D eigenvalue weighted by molar-refractivity contribution is 5.75. The molecule has 120 valence electrons. The number of anilines is 1. The van der Waals surface area contributed by atoms with E-state index in [1.54, 1.807) is 12.4 Å². The third kappa shape index (κ3) is 3.44. The van der Waals surface area contributed by atoms with Gasteiger partial charge in [0.05, 0.1) is 0 Å². The number of hydrogen-bond donors (Lipinski definition) is 1. The van der Waals surface area contributed by atoms with Crippen LogP contribution >= 0.6 is 0 Å². The average molecular weight is 310 g/mol. The minimum Gasteiger partial charge on any atom is -0.372 e. The monoisotopic (exact) mass is 310 g/mol. The smallest absolute Gasteiger partial charge is 0.318 e. The van der Waals surface area contributed by atoms with E-state index in [1.165, 1.54) is 11.3 Å². The van der Waals surface area contributed by atoms with Crippen LogP contribution in [0, 0.1) is 0 Å². The van der Waals surface area contributed by atoms with Crippen LogP contribution in [-0.2, 0) is 13.1 Å². The number of fused-ring (bicyclic) bond motifs is 1. The largest absolute Gasteiger partial charge is 0.372 e. The Morgan fingerprint density at radius 3 is 2.78 bits per heavy atom. The molecule has 1 aliphatic heterocycles. The van der Waals surface area contributed by atoms with Gasteiger partial charge in [0.1, 0.15) is 0 Å². The number of benzene rings is 1. The van der Waals surface area contributed by atoms with Crippen LogP contribution in [0.4, 0.5) is 10.5 Å². The number of para-hydroxylation sites is 1. The number of hydrogen-bond acceptors (Lipinski definition) is 3. The standard InChI is InChI=1S/C18H22N4O/c1-14-12-21(2)17-6-4-3-5-16(17)13-22(14)18(23)20-11-15-7-9-19-10-8-15/h3-10,14H,11-13H2,1-2H3,(H,20,23)/t14-/m1/s1. The van der Waals surface area contributed by atoms with Crippen molar-refractivity contribution in [3.05, 3.63) is 59.9 Å². The zero-order valence-electron chi connectivity index (χ0n) is 13.6. The fraction of sp³-hybridized carbons (Fsp3) is 0.333. The number of pyridine rings is 1. The molecule has 1 aliphatic rings. The Labute approximate surface area is 136 Å². The van der Waals surface area contributed by atoms with Gasteiger partial charge < -0.3 is 15.1 Å². The molecule has 2 heterocycles. The van der Waals surface area contributed by atoms with Crippen LogP contribution in [0.5, 0.6) is 0 Å². The van der Waals surface area contributed by atoms with Crippen LogP contribution in [0.3, 0.4) is 0 Å². The summed E-state index contributed by atoms with van der Waals surface area (Å²) in [7, 11) is 2.08. The predicted octanol–water partition coefficient (Wildman–Crippen LogP) is 2.63. The van der Waals surface area contributed by atoms with Crippen molar-refractivity contribution >= 4 is 11.7 Å². The van der Waals surface area contributed by atoms with Crippen molar-refractivity contribution in [3.63, 3.8) is 0 Å². The molecule has 1 aromatic heterocycles. The van der Waals surface area contributed by atoms with Crippen molar-refractivity contribution in [1.29, 1.82) is 0 Å². The highest BCUT2D eigenvalue weighted by Gasteiger charge is 2.26. The number of likely N-dealkylation sites (N-methyl/N-ethyl adjacent to an activating group) is 1. The molecule has 23 heavy (non-hydrogen) atoms. The van der Waals surface area contributed by atoms with Crippen LogP contribution in [-0.4, -0.2) is 35.5 Å². The van der Waals surface area contributed by atoms with Crippen molar-refractivity contribution in [2.75, 3.05) is 18.5 Å². The van der Waals surface area contributed by atoms with E-state index in [4.69, 9.17) is 0 Å². The maximum absolute atomic E-state index is 12.6. The first kappa shape index (κ1) is 15.3. The molecule has 1 atom stereocenters. The minimum atomic E-state index is -0.0283. The molecule has 0 unspecified atom stereocenters. The van der Waals surface area contributed by atoms with Gasteiger partial charge in [-0.1, -0.05) is 18.2 Å². The molecule has 2 aromatic rings. The maximum atomic E-state index is 12.6. The summed E-state index contributed by atoms with van der Waals surface area (Å²) in [6.45, 7) is 4.06. The Hall–Kier alpha value is -2.56. The average Bonchev–Trinajstić information content (AvgIpc) is 2.70. The topological polar surface area (TPSA) is 48.5 Å². The first-order valence-electron chi connectivity index (χ1n) is 7.87. The van der Waals surface area contributed by atoms with E-state index < -0.39 is 0 Å². The van der Waals surface area contributed by atoms with Crippen LogP contribution < -0.4 is 10.2 Å². The number of carbonyl (C=O) groups is 1. The molecule has 3 rings (SSSR count). The maximum Gasteiger partial charge on any atom is 0.318 e. The number of amides is 2. The summed E-state index contributed by atoms with van der Waals surface area (Å²) in [4.78, 5) is 20.7. The van der Waals surface area contributed by atoms with Gasteiger partial charge in [-0.25, -0.2) is 4.79 Å². The summed E-state index contributed by atoms with van der Waals surface area (Å²) in [5, 5.41) is 3.01. The second kappa shape index (κ2) is 6.69. The van der Waals surface area contributed by atoms with E-state index in [2.05, 4.69) is 41.3 Å². The number of nitrogens with zero attached hydrogens (tertiary/aromatic N) is 3. The number of urea groups is 1. The first-order chi connectivity index (χ1) is 11.1. The van der Waals surface area contributed by atoms with E-state index in [9.17, 15) is 4.79 Å². The van der Waals surface area contributed by atoms with Crippen molar-refractivity contribution in [3.8, 4) is 0 Å². The van der Waals surface area contributed by atoms with E-state index in [1.807, 2.05) is 29.2 Å². The summed E-state index contributed by atoms with van der Waals surface area (Å²) in [5.41, 5.74) is 3.43. The lowest BCUT2D eigenvalue weighted by Gasteiger charge is -2.28. The molecule has 5 nitrogen and oxygen atoms in total. The van der Waals surface area contributed by atoms with Crippen LogP contribution in [0.15, 0.2) is 48.8 Å². The quantitative estimate of drug-likeness (QED) is 0.927. The molecule has 0 saturated carbocycles. The number of carbonyl (C=O) groups excluding carboxylic acids is 1. The molecule has 5 heteroatoms. The Balaban J connectivity index is 1.72. The molecule has 0 saturated heterocycles. The van der Waals surface area contributed by atoms with E-state index in [0.29, 0.717) is 13.1 Å². The van der Waals surface area contributed by atoms with Crippen molar-refractivity contribution in [2.24, 2.45) is 0 Å². The summed E-state index contributed by atoms with van der Waals surface area (Å²) in [6.07, 6.45) is 3.47. The fourth-order valence-corrected chi connectivity index (χ4v) is 3.00. The number of nitrogens with one attached hydrogen (secondary N) is 1. The number of aromatic nitrogens is 1. The first-order valence-corrected chi connectivity index (χ1v) is 7.87. The van der Waals surface area contributed by atoms with Gasteiger partial charge in [0.25, 0.3) is 0 Å². The van der Waals surface area contributed by atoms with Crippen LogP contribution in [0.2, 0.25) is 0 Å². The lowest BCUT2D eigenvalue weighted by atomic mass is 10.1. The molecule has 0 spiro atoms. The summed E-state index contributed by atoms with van der Waals surface area (Å²) >= 11 is 0. The molecule has 0 fully saturated rings. The molecule has 0 radical (unpaired) electrons. The van der Waals surface area contributed by atoms with E-state index in [-0.39, 0.29) is 12.1 Å². The zero-order chi connectivity index (χ0) is 16.2. The van der Waals surface area contributed by atoms with Gasteiger partial charge in [0.2, 0.25) is 0 Å². The van der Waals surface area contributed by atoms with Crippen LogP contribution in [0.1, 0.15) is 18.1 Å². The van der Waals surface area contributed by atoms with E-state index >= 15 is 0 Å². The molecule has 1 aromatic carbocycles. The third-order valence-electron chi connectivity index (χ3n) is 4.27. The van der Waals surface area contributed by atoms with Crippen LogP contribution in [0.25, 0.3) is 0 Å². The van der Waals surface area contributed by atoms with Gasteiger partial charge >= 0.3 is 6.03 Å². The molecular weight excluding hydrogens is 288 g/mol. The second-order valence-corrected chi connectivity index (χ2v) is 6.00. The molecule has 0 bridgehead atoms. The Morgan fingerprint density at radius 1 is 1.26 bits per heavy atom. The zero-order valence-corrected chi connectivity index (χ0v) is 13.6. The predicted molar refractivity (Wildman–Crippen MR) is 91.2 cm³/mol. The van der Waals surface area contributed by atoms with Gasteiger partial charge in [-0.15, -0.1) is 0 Å². The summed E-state index contributed by atoms with van der Waals surface area (Å²) in [5.74, 6) is 0. The third-order valence-corrected chi connectivity index (χ3v) is 4.27. The molecule has 0 aliphatic carbocycles. The van der Waals surface area contributed by atoms with Gasteiger partial charge in [-0.05, 0) is 36.2 Å². The Morgan fingerprint density at radius 2 is 2.00 bits per heavy atom. The minimum absolute atomic E-state index is 0.0283. The number of rotatable bonds is 2. The molecular formula is C18H22N4O. The fourth-order valence-electron chi connectivity index (χ4n) is 3.00. The lowest BCUT2D eigenvalue weighted by Crippen LogP contribution is -2.46. The van der Waals surface area contributed by atoms with Gasteiger partial charge in [0.15, 0.2) is 0 Å². The lowest BCUT2D eigenvalue weighted by molar-refractivity contribution is 0.178. The Bertz CT molecular complexity index is 674. The molecule has 1 N–H and O–H groups in total. The van der Waals surface area contributed by atoms with Gasteiger partial charge in [0, 0.05) is 50.8 Å². The Kier molecular flexibility index (Phi) is 4.46. The summed E-state index contributed by atoms with van der Waals surface area (Å²) < 4.78 is 0. The van der Waals surface area contributed by atoms with Gasteiger partial charge in [-0.2, -0.15) is 0 Å². The normalized spacial score (nSPS) is 17.4. The second-order valence-electron chi connectivity index (χ2n) is 6.00. The summed E-state index contributed by atoms with van der Waals surface area (Å²) in [6, 6.07) is 12.2. The highest BCUT2D eigenvalue weighted by atomic mass is 16.2. The van der Waals surface area contributed by atoms with Crippen molar-refractivity contribution in [1.82, 2.24) is 15.2 Å².